The van der Waals surface area contributed by atoms with Gasteiger partial charge in [-0.05, 0) is 34.7 Å². The zero-order valence-electron chi connectivity index (χ0n) is 18.0. The molecule has 0 aromatic heterocycles. The van der Waals surface area contributed by atoms with Crippen LogP contribution in [0.25, 0.3) is 0 Å². The molecule has 0 saturated carbocycles. The molecule has 31 heavy (non-hydrogen) atoms. The van der Waals surface area contributed by atoms with Crippen LogP contribution in [0.2, 0.25) is 0 Å². The lowest BCUT2D eigenvalue weighted by Gasteiger charge is -2.26. The maximum atomic E-state index is 12.8. The van der Waals surface area contributed by atoms with Gasteiger partial charge in [-0.25, -0.2) is 13.4 Å². The number of nitrogens with two attached hydrogens (primary N) is 1. The van der Waals surface area contributed by atoms with Gasteiger partial charge in [0.15, 0.2) is 5.96 Å². The van der Waals surface area contributed by atoms with E-state index < -0.39 is 10.0 Å². The fourth-order valence-electron chi connectivity index (χ4n) is 3.30. The van der Waals surface area contributed by atoms with Gasteiger partial charge in [0.05, 0.1) is 25.5 Å². The number of ether oxygens (including phenoxy) is 1. The number of hydrogen-bond donors (Lipinski definition) is 2. The number of anilines is 1. The van der Waals surface area contributed by atoms with Gasteiger partial charge in [-0.3, -0.25) is 0 Å². The Morgan fingerprint density at radius 2 is 1.81 bits per heavy atom. The van der Waals surface area contributed by atoms with Crippen LogP contribution in [0.1, 0.15) is 36.5 Å². The highest BCUT2D eigenvalue weighted by molar-refractivity contribution is 14.0. The Morgan fingerprint density at radius 1 is 1.13 bits per heavy atom. The number of benzene rings is 2. The van der Waals surface area contributed by atoms with Crippen molar-refractivity contribution < 1.29 is 13.2 Å². The summed E-state index contributed by atoms with van der Waals surface area (Å²) in [6, 6.07) is 15.5. The van der Waals surface area contributed by atoms with E-state index in [4.69, 9.17) is 10.5 Å². The highest BCUT2D eigenvalue weighted by Gasteiger charge is 2.25. The summed E-state index contributed by atoms with van der Waals surface area (Å²) in [6.45, 7) is 6.25. The van der Waals surface area contributed by atoms with Gasteiger partial charge in [0, 0.05) is 18.8 Å². The normalized spacial score (nSPS) is 15.5. The average Bonchev–Trinajstić information content (AvgIpc) is 2.74. The van der Waals surface area contributed by atoms with Crippen LogP contribution in [0.5, 0.6) is 0 Å². The largest absolute Gasteiger partial charge is 0.379 e. The van der Waals surface area contributed by atoms with E-state index in [2.05, 4.69) is 36.3 Å². The summed E-state index contributed by atoms with van der Waals surface area (Å²) < 4.78 is 32.3. The minimum absolute atomic E-state index is 0. The number of hydrogen-bond acceptors (Lipinski definition) is 4. The second-order valence-corrected chi connectivity index (χ2v) is 9.61. The number of guanidine groups is 1. The Bertz CT molecular complexity index is 990. The van der Waals surface area contributed by atoms with Gasteiger partial charge in [-0.15, -0.1) is 24.0 Å². The van der Waals surface area contributed by atoms with Crippen molar-refractivity contribution in [3.63, 3.8) is 0 Å². The van der Waals surface area contributed by atoms with Gasteiger partial charge >= 0.3 is 0 Å². The van der Waals surface area contributed by atoms with E-state index in [9.17, 15) is 8.42 Å². The minimum Gasteiger partial charge on any atom is -0.379 e. The highest BCUT2D eigenvalue weighted by Crippen LogP contribution is 2.19. The van der Waals surface area contributed by atoms with Crippen molar-refractivity contribution in [2.24, 2.45) is 10.7 Å². The molecule has 1 fully saturated rings. The lowest BCUT2D eigenvalue weighted by Crippen LogP contribution is -2.41. The van der Waals surface area contributed by atoms with Gasteiger partial charge in [-0.1, -0.05) is 50.2 Å². The zero-order valence-corrected chi connectivity index (χ0v) is 21.1. The molecule has 7 nitrogen and oxygen atoms in total. The first-order valence-corrected chi connectivity index (χ1v) is 11.8. The quantitative estimate of drug-likeness (QED) is 0.308. The number of aliphatic imine (C=N–C) groups is 1. The molecule has 0 unspecified atom stereocenters. The smallest absolute Gasteiger partial charge is 0.218 e. The maximum absolute atomic E-state index is 12.8. The summed E-state index contributed by atoms with van der Waals surface area (Å²) in [7, 11) is -3.40. The molecular weight excluding hydrogens is 527 g/mol. The van der Waals surface area contributed by atoms with Crippen LogP contribution in [0.4, 0.5) is 5.69 Å². The van der Waals surface area contributed by atoms with E-state index in [-0.39, 0.29) is 29.7 Å². The first-order chi connectivity index (χ1) is 14.3. The molecule has 3 N–H and O–H groups in total. The summed E-state index contributed by atoms with van der Waals surface area (Å²) in [6.07, 6.45) is 0. The van der Waals surface area contributed by atoms with Crippen molar-refractivity contribution >= 4 is 45.6 Å². The number of sulfonamides is 1. The molecule has 3 rings (SSSR count). The van der Waals surface area contributed by atoms with E-state index in [1.165, 1.54) is 9.87 Å². The van der Waals surface area contributed by atoms with Gasteiger partial charge in [0.25, 0.3) is 0 Å². The van der Waals surface area contributed by atoms with Crippen molar-refractivity contribution in [1.29, 1.82) is 0 Å². The van der Waals surface area contributed by atoms with Crippen molar-refractivity contribution in [3.8, 4) is 0 Å². The Morgan fingerprint density at radius 3 is 2.48 bits per heavy atom. The Labute approximate surface area is 202 Å². The molecule has 0 bridgehead atoms. The van der Waals surface area contributed by atoms with Crippen molar-refractivity contribution in [1.82, 2.24) is 4.31 Å². The average molecular weight is 558 g/mol. The van der Waals surface area contributed by atoms with Crippen molar-refractivity contribution in [3.05, 3.63) is 65.2 Å². The SMILES string of the molecule is CC(C)c1cccc(NC(N)=NCc2ccccc2CS(=O)(=O)N2CCOCC2)c1.I. The van der Waals surface area contributed by atoms with Gasteiger partial charge < -0.3 is 15.8 Å². The molecule has 1 saturated heterocycles. The third-order valence-electron chi connectivity index (χ3n) is 5.07. The Balaban J connectivity index is 0.00000341. The van der Waals surface area contributed by atoms with Crippen LogP contribution in [0.15, 0.2) is 53.5 Å². The summed E-state index contributed by atoms with van der Waals surface area (Å²) in [5, 5.41) is 3.11. The summed E-state index contributed by atoms with van der Waals surface area (Å²) >= 11 is 0. The molecule has 0 aliphatic carbocycles. The predicted molar refractivity (Wildman–Crippen MR) is 136 cm³/mol. The Hall–Kier alpha value is -1.69. The topological polar surface area (TPSA) is 97.0 Å². The lowest BCUT2D eigenvalue weighted by molar-refractivity contribution is 0.0729. The number of halogens is 1. The molecule has 2 aromatic carbocycles. The summed E-state index contributed by atoms with van der Waals surface area (Å²) in [5.74, 6) is 0.662. The fraction of sp³-hybridized carbons (Fsp3) is 0.409. The van der Waals surface area contributed by atoms with E-state index >= 15 is 0 Å². The molecule has 0 amide bonds. The molecule has 0 atom stereocenters. The standard InChI is InChI=1S/C22H30N4O3S.HI/c1-17(2)18-8-5-9-21(14-18)25-22(23)24-15-19-6-3-4-7-20(19)16-30(27,28)26-10-12-29-13-11-26;/h3-9,14,17H,10-13,15-16H2,1-2H3,(H3,23,24,25);1H. The first kappa shape index (κ1) is 25.6. The number of morpholine rings is 1. The van der Waals surface area contributed by atoms with Crippen LogP contribution >= 0.6 is 24.0 Å². The molecule has 0 radical (unpaired) electrons. The first-order valence-electron chi connectivity index (χ1n) is 10.1. The zero-order chi connectivity index (χ0) is 21.6. The minimum atomic E-state index is -3.40. The molecule has 1 aliphatic heterocycles. The number of rotatable bonds is 7. The van der Waals surface area contributed by atoms with E-state index in [0.29, 0.717) is 44.7 Å². The second kappa shape index (κ2) is 11.8. The second-order valence-electron chi connectivity index (χ2n) is 7.64. The highest BCUT2D eigenvalue weighted by atomic mass is 127. The molecule has 170 valence electrons. The number of nitrogens with zero attached hydrogens (tertiary/aromatic N) is 2. The lowest BCUT2D eigenvalue weighted by atomic mass is 10.0. The Kier molecular flexibility index (Phi) is 9.73. The number of nitrogens with one attached hydrogen (secondary N) is 1. The molecular formula is C22H31IN4O3S. The van der Waals surface area contributed by atoms with E-state index in [0.717, 1.165) is 16.8 Å². The van der Waals surface area contributed by atoms with Crippen LogP contribution in [-0.2, 0) is 27.1 Å². The van der Waals surface area contributed by atoms with E-state index in [1.54, 1.807) is 0 Å². The molecule has 9 heteroatoms. The van der Waals surface area contributed by atoms with Crippen molar-refractivity contribution in [2.45, 2.75) is 32.1 Å². The van der Waals surface area contributed by atoms with Gasteiger partial charge in [0.1, 0.15) is 0 Å². The third kappa shape index (κ3) is 7.44. The van der Waals surface area contributed by atoms with Gasteiger partial charge in [-0.2, -0.15) is 4.31 Å². The monoisotopic (exact) mass is 558 g/mol. The van der Waals surface area contributed by atoms with Gasteiger partial charge in [0.2, 0.25) is 10.0 Å². The van der Waals surface area contributed by atoms with Crippen LogP contribution in [0, 0.1) is 0 Å². The molecule has 2 aromatic rings. The predicted octanol–water partition coefficient (Wildman–Crippen LogP) is 3.52. The van der Waals surface area contributed by atoms with Crippen LogP contribution in [0.3, 0.4) is 0 Å². The molecule has 1 aliphatic rings. The maximum Gasteiger partial charge on any atom is 0.218 e. The van der Waals surface area contributed by atoms with Crippen LogP contribution in [-0.4, -0.2) is 45.0 Å². The molecule has 0 spiro atoms. The summed E-state index contributed by atoms with van der Waals surface area (Å²) in [4.78, 5) is 4.42. The van der Waals surface area contributed by atoms with Crippen LogP contribution < -0.4 is 11.1 Å². The molecule has 1 heterocycles. The van der Waals surface area contributed by atoms with Crippen molar-refractivity contribution in [2.75, 3.05) is 31.6 Å². The fourth-order valence-corrected chi connectivity index (χ4v) is 4.86. The third-order valence-corrected chi connectivity index (χ3v) is 6.89. The summed E-state index contributed by atoms with van der Waals surface area (Å²) in [5.41, 5.74) is 9.75. The van der Waals surface area contributed by atoms with E-state index in [1.807, 2.05) is 36.4 Å².